The summed E-state index contributed by atoms with van der Waals surface area (Å²) >= 11 is 0. The van der Waals surface area contributed by atoms with Crippen molar-refractivity contribution in [3.63, 3.8) is 0 Å². The molecule has 0 fully saturated rings. The number of allylic oxidation sites excluding steroid dienone is 2. The van der Waals surface area contributed by atoms with Crippen molar-refractivity contribution in [3.05, 3.63) is 72.1 Å². The minimum absolute atomic E-state index is 0.0658. The average Bonchev–Trinajstić information content (AvgIpc) is 3.30. The summed E-state index contributed by atoms with van der Waals surface area (Å²) in [6.45, 7) is 0. The van der Waals surface area contributed by atoms with Gasteiger partial charge >= 0.3 is 0 Å². The zero-order valence-corrected chi connectivity index (χ0v) is 13.3. The molecule has 4 aromatic rings. The Morgan fingerprint density at radius 1 is 0.640 bits per heavy atom. The van der Waals surface area contributed by atoms with E-state index < -0.39 is 0 Å². The van der Waals surface area contributed by atoms with Gasteiger partial charge < -0.3 is 9.97 Å². The van der Waals surface area contributed by atoms with Gasteiger partial charge in [-0.15, -0.1) is 0 Å². The zero-order chi connectivity index (χ0) is 17.0. The van der Waals surface area contributed by atoms with Gasteiger partial charge in [0, 0.05) is 56.5 Å². The third-order valence-corrected chi connectivity index (χ3v) is 4.85. The van der Waals surface area contributed by atoms with E-state index in [1.54, 1.807) is 0 Å². The molecule has 0 atom stereocenters. The molecule has 4 nitrogen and oxygen atoms in total. The normalized spacial score (nSPS) is 15.0. The number of para-hydroxylation sites is 2. The molecule has 5 rings (SSSR count). The van der Waals surface area contributed by atoms with Crippen LogP contribution >= 0.6 is 0 Å². The van der Waals surface area contributed by atoms with Gasteiger partial charge in [0.1, 0.15) is 0 Å². The molecule has 4 heteroatoms. The van der Waals surface area contributed by atoms with Crippen LogP contribution < -0.4 is 0 Å². The zero-order valence-electron chi connectivity index (χ0n) is 13.3. The molecule has 2 aromatic heterocycles. The van der Waals surface area contributed by atoms with Crippen molar-refractivity contribution < 1.29 is 9.59 Å². The van der Waals surface area contributed by atoms with E-state index in [1.807, 2.05) is 60.9 Å². The molecule has 0 unspecified atom stereocenters. The van der Waals surface area contributed by atoms with Crippen LogP contribution in [0.5, 0.6) is 0 Å². The average molecular weight is 326 g/mol. The van der Waals surface area contributed by atoms with Crippen molar-refractivity contribution in [1.82, 2.24) is 9.97 Å². The molecule has 2 N–H and O–H groups in total. The standard InChI is InChI=1S/C21H14N2O2/c24-18-9-19(25)21(15-11-23-17-8-4-2-6-13(15)17)20(18)14-10-22-16-7-3-1-5-12(14)16/h1-8,10-11,22-23H,9H2. The minimum atomic E-state index is -0.116. The van der Waals surface area contributed by atoms with Crippen LogP contribution in [-0.4, -0.2) is 21.5 Å². The molecule has 2 aromatic carbocycles. The lowest BCUT2D eigenvalue weighted by Gasteiger charge is -2.04. The molecule has 120 valence electrons. The molecule has 1 aliphatic rings. The highest BCUT2D eigenvalue weighted by atomic mass is 16.2. The number of nitrogens with one attached hydrogen (secondary N) is 2. The SMILES string of the molecule is O=C1CC(=O)C(c2c[nH]c3ccccc23)=C1c1c[nH]c2ccccc12. The van der Waals surface area contributed by atoms with Gasteiger partial charge in [-0.2, -0.15) is 0 Å². The van der Waals surface area contributed by atoms with Gasteiger partial charge in [-0.05, 0) is 12.1 Å². The van der Waals surface area contributed by atoms with Gasteiger partial charge in [-0.25, -0.2) is 0 Å². The van der Waals surface area contributed by atoms with Gasteiger partial charge in [0.25, 0.3) is 0 Å². The van der Waals surface area contributed by atoms with Crippen molar-refractivity contribution in [2.24, 2.45) is 0 Å². The Hall–Kier alpha value is -3.40. The van der Waals surface area contributed by atoms with Crippen LogP contribution in [-0.2, 0) is 9.59 Å². The van der Waals surface area contributed by atoms with E-state index in [0.29, 0.717) is 11.1 Å². The molecule has 0 saturated heterocycles. The number of aromatic amines is 2. The molecule has 0 radical (unpaired) electrons. The maximum Gasteiger partial charge on any atom is 0.172 e. The van der Waals surface area contributed by atoms with Gasteiger partial charge in [-0.3, -0.25) is 9.59 Å². The number of rotatable bonds is 2. The highest BCUT2D eigenvalue weighted by Gasteiger charge is 2.34. The number of hydrogen-bond donors (Lipinski definition) is 2. The smallest absolute Gasteiger partial charge is 0.172 e. The Morgan fingerprint density at radius 2 is 1.08 bits per heavy atom. The molecular weight excluding hydrogens is 312 g/mol. The number of hydrogen-bond acceptors (Lipinski definition) is 2. The first kappa shape index (κ1) is 14.0. The summed E-state index contributed by atoms with van der Waals surface area (Å²) in [5.74, 6) is -0.231. The first-order chi connectivity index (χ1) is 12.2. The highest BCUT2D eigenvalue weighted by molar-refractivity contribution is 6.52. The minimum Gasteiger partial charge on any atom is -0.361 e. The second kappa shape index (κ2) is 5.05. The van der Waals surface area contributed by atoms with Crippen LogP contribution in [0, 0.1) is 0 Å². The number of carbonyl (C=O) groups is 2. The molecular formula is C21H14N2O2. The lowest BCUT2D eigenvalue weighted by atomic mass is 9.95. The van der Waals surface area contributed by atoms with Gasteiger partial charge in [-0.1, -0.05) is 36.4 Å². The first-order valence-corrected chi connectivity index (χ1v) is 8.17. The van der Waals surface area contributed by atoms with E-state index in [4.69, 9.17) is 0 Å². The predicted octanol–water partition coefficient (Wildman–Crippen LogP) is 4.10. The Morgan fingerprint density at radius 3 is 1.56 bits per heavy atom. The summed E-state index contributed by atoms with van der Waals surface area (Å²) in [5, 5.41) is 1.91. The topological polar surface area (TPSA) is 65.7 Å². The Kier molecular flexibility index (Phi) is 2.82. The fourth-order valence-electron chi connectivity index (χ4n) is 3.73. The van der Waals surface area contributed by atoms with Crippen LogP contribution in [0.2, 0.25) is 0 Å². The van der Waals surface area contributed by atoms with Crippen LogP contribution in [0.4, 0.5) is 0 Å². The molecule has 25 heavy (non-hydrogen) atoms. The number of ketones is 2. The number of benzene rings is 2. The Labute approximate surface area is 143 Å². The summed E-state index contributed by atoms with van der Waals surface area (Å²) in [7, 11) is 0. The largest absolute Gasteiger partial charge is 0.361 e. The lowest BCUT2D eigenvalue weighted by Crippen LogP contribution is -1.96. The lowest BCUT2D eigenvalue weighted by molar-refractivity contribution is -0.119. The van der Waals surface area contributed by atoms with Crippen molar-refractivity contribution in [2.75, 3.05) is 0 Å². The molecule has 1 aliphatic carbocycles. The molecule has 0 saturated carbocycles. The van der Waals surface area contributed by atoms with E-state index in [2.05, 4.69) is 9.97 Å². The van der Waals surface area contributed by atoms with Crippen LogP contribution in [0.3, 0.4) is 0 Å². The Bertz CT molecular complexity index is 1110. The third-order valence-electron chi connectivity index (χ3n) is 4.85. The van der Waals surface area contributed by atoms with E-state index >= 15 is 0 Å². The quantitative estimate of drug-likeness (QED) is 0.545. The van der Waals surface area contributed by atoms with Crippen LogP contribution in [0.25, 0.3) is 33.0 Å². The second-order valence-electron chi connectivity index (χ2n) is 6.27. The molecule has 0 amide bonds. The van der Waals surface area contributed by atoms with Crippen LogP contribution in [0.15, 0.2) is 60.9 Å². The predicted molar refractivity (Wildman–Crippen MR) is 98.0 cm³/mol. The fourth-order valence-corrected chi connectivity index (χ4v) is 3.73. The summed E-state index contributed by atoms with van der Waals surface area (Å²) in [6, 6.07) is 15.6. The van der Waals surface area contributed by atoms with Crippen molar-refractivity contribution >= 4 is 44.5 Å². The summed E-state index contributed by atoms with van der Waals surface area (Å²) in [5.41, 5.74) is 4.55. The summed E-state index contributed by atoms with van der Waals surface area (Å²) in [6.07, 6.45) is 3.58. The Balaban J connectivity index is 1.85. The second-order valence-corrected chi connectivity index (χ2v) is 6.27. The van der Waals surface area contributed by atoms with Crippen LogP contribution in [0.1, 0.15) is 17.5 Å². The summed E-state index contributed by atoms with van der Waals surface area (Å²) in [4.78, 5) is 31.7. The molecule has 0 bridgehead atoms. The fraction of sp³-hybridized carbons (Fsp3) is 0.0476. The van der Waals surface area contributed by atoms with Gasteiger partial charge in [0.05, 0.1) is 6.42 Å². The van der Waals surface area contributed by atoms with Gasteiger partial charge in [0.2, 0.25) is 0 Å². The van der Waals surface area contributed by atoms with E-state index in [9.17, 15) is 9.59 Å². The first-order valence-electron chi connectivity index (χ1n) is 8.17. The molecule has 2 heterocycles. The number of fused-ring (bicyclic) bond motifs is 2. The number of H-pyrrole nitrogens is 2. The number of Topliss-reactive ketones (excluding diaryl/α,β-unsaturated/α-hetero) is 2. The third kappa shape index (κ3) is 1.94. The van der Waals surface area contributed by atoms with Gasteiger partial charge in [0.15, 0.2) is 11.6 Å². The highest BCUT2D eigenvalue weighted by Crippen LogP contribution is 2.40. The maximum absolute atomic E-state index is 12.7. The van der Waals surface area contributed by atoms with Crippen molar-refractivity contribution in [2.45, 2.75) is 6.42 Å². The maximum atomic E-state index is 12.7. The van der Waals surface area contributed by atoms with E-state index in [0.717, 1.165) is 32.9 Å². The van der Waals surface area contributed by atoms with E-state index in [1.165, 1.54) is 0 Å². The van der Waals surface area contributed by atoms with E-state index in [-0.39, 0.29) is 18.0 Å². The molecule has 0 spiro atoms. The van der Waals surface area contributed by atoms with Crippen molar-refractivity contribution in [3.8, 4) is 0 Å². The number of carbonyl (C=O) groups excluding carboxylic acids is 2. The summed E-state index contributed by atoms with van der Waals surface area (Å²) < 4.78 is 0. The molecule has 0 aliphatic heterocycles. The number of aromatic nitrogens is 2. The monoisotopic (exact) mass is 326 g/mol. The van der Waals surface area contributed by atoms with Crippen molar-refractivity contribution in [1.29, 1.82) is 0 Å².